The average molecular weight is 1260 g/mol. The number of likely N-dealkylation sites (tertiary alicyclic amines) is 1. The van der Waals surface area contributed by atoms with Crippen molar-refractivity contribution in [3.63, 3.8) is 0 Å². The quantitative estimate of drug-likeness (QED) is 0.0266. The number of primary amides is 1. The highest BCUT2D eigenvalue weighted by atomic mass is 32.1. The number of unbranched alkanes of at least 4 members (excludes halogenated alkanes) is 2. The summed E-state index contributed by atoms with van der Waals surface area (Å²) in [5, 5.41) is 25.5. The summed E-state index contributed by atoms with van der Waals surface area (Å²) in [7, 11) is -5.07. The molecule has 2 aromatic heterocycles. The van der Waals surface area contributed by atoms with Crippen molar-refractivity contribution in [3.8, 4) is 10.4 Å². The number of nitrogens with one attached hydrogen (secondary N) is 6. The van der Waals surface area contributed by atoms with E-state index >= 15 is 0 Å². The Morgan fingerprint density at radius 1 is 0.854 bits per heavy atom. The van der Waals surface area contributed by atoms with Gasteiger partial charge in [-0.1, -0.05) is 93.9 Å². The van der Waals surface area contributed by atoms with Crippen LogP contribution in [0.2, 0.25) is 0 Å². The van der Waals surface area contributed by atoms with E-state index in [4.69, 9.17) is 5.73 Å². The number of amides is 8. The fourth-order valence-corrected chi connectivity index (χ4v) is 13.1. The number of hydrogen-bond acceptors (Lipinski definition) is 13. The molecule has 0 radical (unpaired) electrons. The van der Waals surface area contributed by atoms with Crippen LogP contribution in [-0.4, -0.2) is 125 Å². The van der Waals surface area contributed by atoms with E-state index in [0.717, 1.165) is 44.8 Å². The third kappa shape index (κ3) is 15.5. The highest BCUT2D eigenvalue weighted by Crippen LogP contribution is 2.41. The second-order valence-corrected chi connectivity index (χ2v) is 26.6. The number of carbonyl (C=O) groups excluding carboxylic acids is 9. The van der Waals surface area contributed by atoms with Gasteiger partial charge >= 0.3 is 7.60 Å². The van der Waals surface area contributed by atoms with Crippen LogP contribution in [0, 0.1) is 12.3 Å². The van der Waals surface area contributed by atoms with Gasteiger partial charge in [0.15, 0.2) is 0 Å². The topological polar surface area (TPSA) is 353 Å². The number of aliphatic hydroxyl groups is 1. The summed E-state index contributed by atoms with van der Waals surface area (Å²) in [4.78, 5) is 152. The lowest BCUT2D eigenvalue weighted by Crippen LogP contribution is -2.57. The van der Waals surface area contributed by atoms with E-state index in [2.05, 4.69) is 36.6 Å². The second-order valence-electron chi connectivity index (χ2n) is 24.3. The Kier molecular flexibility index (Phi) is 20.1. The monoisotopic (exact) mass is 1250 g/mol. The number of carbonyl (C=O) groups is 9. The number of H-pyrrole nitrogens is 1. The number of fused-ring (bicyclic) bond motifs is 1. The molecule has 470 valence electrons. The predicted octanol–water partition coefficient (Wildman–Crippen LogP) is 5.46. The third-order valence-corrected chi connectivity index (χ3v) is 18.4. The molecule has 0 bridgehead atoms. The van der Waals surface area contributed by atoms with Gasteiger partial charge in [0, 0.05) is 55.2 Å². The lowest BCUT2D eigenvalue weighted by atomic mass is 9.85. The molecule has 3 aliphatic rings. The van der Waals surface area contributed by atoms with Gasteiger partial charge in [0.25, 0.3) is 11.4 Å². The number of aromatic amines is 1. The maximum absolute atomic E-state index is 14.5. The Morgan fingerprint density at radius 2 is 1.57 bits per heavy atom. The van der Waals surface area contributed by atoms with Crippen LogP contribution in [-0.2, 0) is 63.9 Å². The van der Waals surface area contributed by atoms with Crippen molar-refractivity contribution >= 4 is 88.3 Å². The van der Waals surface area contributed by atoms with Crippen LogP contribution in [0.1, 0.15) is 139 Å². The van der Waals surface area contributed by atoms with E-state index in [1.165, 1.54) is 34.1 Å². The second kappa shape index (κ2) is 27.5. The SMILES string of the molecule is Cc1ncsc1-c1ccc([C@H](C)NC(=O)[C@@H]2C[C@@H](O)CN2C(=O)[C@@H](NC(=O)CCCCCc2cccc(CNC(=O)[C@H](CCC(N)=O)NC(=O)[C@@H]3Cc4cccc5c4N3C(=O)[C@@H](NC(=O)c3cc4cc(C(=O)P(=O)(O)O)ccc4[nH]3)CC5)c2)C(C)(C)C)cc1. The number of hydrogen-bond donors (Lipinski definition) is 10. The highest BCUT2D eigenvalue weighted by molar-refractivity contribution is 7.70. The molecule has 6 aromatic rings. The standard InChI is InChI=1S/C64H75N10O13PS/c1-35(39-17-19-41(20-18-39)55-36(2)67-34-89-55)68-59(80)50-31-45(75)33-73(50)62(83)56(64(3,4)5)72-53(77)16-8-6-7-11-37-12-9-13-38(27-37)32-66-57(78)47(25-26-52(65)76)70-60(81)51-30-42-15-10-14-40-21-24-48(61(82)74(51)54(40)42)71-58(79)49-29-44-28-43(22-23-46(44)69-49)63(84)88(85,86)87/h9-10,12-15,17-20,22-23,27-29,34-35,45,47-48,50-51,56,69,75H,6-8,11,16,21,24-26,30-33H2,1-5H3,(H2,65,76)(H,66,78)(H,68,80)(H,70,81)(H,71,79)(H,72,77)(H2,85,86,87)/t35-,45+,47-,48-,50-,51-,56+/m0/s1. The molecule has 7 atom stereocenters. The Labute approximate surface area is 518 Å². The van der Waals surface area contributed by atoms with E-state index < -0.39 is 96.2 Å². The number of thiazole rings is 1. The normalized spacial score (nSPS) is 18.3. The molecular formula is C64H75N10O13PS. The molecular weight excluding hydrogens is 1180 g/mol. The molecule has 1 fully saturated rings. The number of rotatable bonds is 24. The molecule has 5 heterocycles. The number of β-amino-alcohol motifs (C(OH)–C–C–N with tert-alkyl or cyclic N) is 1. The van der Waals surface area contributed by atoms with Crippen LogP contribution < -0.4 is 37.2 Å². The highest BCUT2D eigenvalue weighted by Gasteiger charge is 2.47. The Hall–Kier alpha value is -8.41. The molecule has 0 unspecified atom stereocenters. The number of aryl methyl sites for hydroxylation is 3. The summed E-state index contributed by atoms with van der Waals surface area (Å²) in [6.45, 7) is 9.36. The summed E-state index contributed by atoms with van der Waals surface area (Å²) in [6.07, 6.45) is 2.17. The van der Waals surface area contributed by atoms with Crippen molar-refractivity contribution in [1.82, 2.24) is 41.5 Å². The van der Waals surface area contributed by atoms with Gasteiger partial charge in [0.1, 0.15) is 35.9 Å². The van der Waals surface area contributed by atoms with Gasteiger partial charge in [-0.3, -0.25) is 52.6 Å². The molecule has 4 aromatic carbocycles. The minimum atomic E-state index is -5.07. The zero-order chi connectivity index (χ0) is 64.1. The number of nitrogens with two attached hydrogens (primary N) is 1. The van der Waals surface area contributed by atoms with Gasteiger partial charge in [-0.2, -0.15) is 0 Å². The van der Waals surface area contributed by atoms with E-state index in [1.807, 2.05) is 95.3 Å². The molecule has 11 N–H and O–H groups in total. The van der Waals surface area contributed by atoms with Gasteiger partial charge in [0.2, 0.25) is 41.4 Å². The largest absolute Gasteiger partial charge is 0.396 e. The van der Waals surface area contributed by atoms with Crippen LogP contribution in [0.4, 0.5) is 5.69 Å². The molecule has 3 aliphatic heterocycles. The number of para-hydroxylation sites is 1. The Bertz CT molecular complexity index is 3760. The fourth-order valence-electron chi connectivity index (χ4n) is 11.8. The van der Waals surface area contributed by atoms with E-state index in [9.17, 15) is 62.6 Å². The molecule has 89 heavy (non-hydrogen) atoms. The Morgan fingerprint density at radius 3 is 2.28 bits per heavy atom. The maximum Gasteiger partial charge on any atom is 0.396 e. The van der Waals surface area contributed by atoms with E-state index in [1.54, 1.807) is 22.9 Å². The van der Waals surface area contributed by atoms with Crippen LogP contribution in [0.25, 0.3) is 21.3 Å². The van der Waals surface area contributed by atoms with Crippen LogP contribution in [0.15, 0.2) is 96.5 Å². The van der Waals surface area contributed by atoms with Gasteiger partial charge in [-0.05, 0) is 115 Å². The molecule has 0 spiro atoms. The van der Waals surface area contributed by atoms with E-state index in [0.29, 0.717) is 47.8 Å². The number of benzene rings is 4. The van der Waals surface area contributed by atoms with Crippen molar-refractivity contribution in [2.45, 2.75) is 154 Å². The van der Waals surface area contributed by atoms with Crippen molar-refractivity contribution in [1.29, 1.82) is 0 Å². The van der Waals surface area contributed by atoms with Gasteiger partial charge in [0.05, 0.1) is 33.9 Å². The zero-order valence-electron chi connectivity index (χ0n) is 50.2. The number of anilines is 1. The van der Waals surface area contributed by atoms with Crippen LogP contribution in [0.3, 0.4) is 0 Å². The van der Waals surface area contributed by atoms with Crippen molar-refractivity contribution < 1.29 is 62.6 Å². The average Bonchev–Trinajstić information content (AvgIpc) is 1.77. The maximum atomic E-state index is 14.5. The van der Waals surface area contributed by atoms with Crippen molar-refractivity contribution in [2.75, 3.05) is 11.4 Å². The first-order valence-electron chi connectivity index (χ1n) is 29.7. The third-order valence-electron chi connectivity index (χ3n) is 16.6. The summed E-state index contributed by atoms with van der Waals surface area (Å²) in [5.41, 5.74) is 12.0. The molecule has 8 amide bonds. The lowest BCUT2D eigenvalue weighted by Gasteiger charge is -2.35. The van der Waals surface area contributed by atoms with Gasteiger partial charge < -0.3 is 57.1 Å². The number of nitrogens with zero attached hydrogens (tertiary/aromatic N) is 3. The lowest BCUT2D eigenvalue weighted by molar-refractivity contribution is -0.144. The molecule has 25 heteroatoms. The van der Waals surface area contributed by atoms with E-state index in [-0.39, 0.29) is 74.8 Å². The summed E-state index contributed by atoms with van der Waals surface area (Å²) < 4.78 is 11.6. The minimum absolute atomic E-state index is 0.00693. The van der Waals surface area contributed by atoms with Gasteiger partial charge in [-0.15, -0.1) is 11.3 Å². The first-order valence-corrected chi connectivity index (χ1v) is 32.2. The van der Waals surface area contributed by atoms with Crippen molar-refractivity contribution in [3.05, 3.63) is 141 Å². The Balaban J connectivity index is 0.754. The summed E-state index contributed by atoms with van der Waals surface area (Å²) in [6, 6.07) is 20.4. The fraction of sp³-hybridized carbons (Fsp3) is 0.406. The van der Waals surface area contributed by atoms with Crippen LogP contribution in [0.5, 0.6) is 0 Å². The van der Waals surface area contributed by atoms with Crippen molar-refractivity contribution in [2.24, 2.45) is 11.1 Å². The minimum Gasteiger partial charge on any atom is -0.391 e. The molecule has 0 saturated carbocycles. The predicted molar refractivity (Wildman–Crippen MR) is 333 cm³/mol. The number of aliphatic hydroxyl groups excluding tert-OH is 1. The van der Waals surface area contributed by atoms with Crippen LogP contribution >= 0.6 is 18.9 Å². The van der Waals surface area contributed by atoms with Gasteiger partial charge in [-0.25, -0.2) is 4.98 Å². The zero-order valence-corrected chi connectivity index (χ0v) is 51.9. The molecule has 1 saturated heterocycles. The number of aromatic nitrogens is 2. The molecule has 9 rings (SSSR count). The first kappa shape index (κ1) is 65.0. The summed E-state index contributed by atoms with van der Waals surface area (Å²) in [5.74, 6) is -4.35. The smallest absolute Gasteiger partial charge is 0.391 e. The summed E-state index contributed by atoms with van der Waals surface area (Å²) >= 11 is 1.56. The first-order chi connectivity index (χ1) is 42.2. The molecule has 0 aliphatic carbocycles. The molecule has 23 nitrogen and oxygen atoms in total.